The van der Waals surface area contributed by atoms with Gasteiger partial charge in [-0.1, -0.05) is 13.0 Å². The molecule has 162 valence electrons. The fraction of sp³-hybridized carbons (Fsp3) is 0.417. The number of rotatable bonds is 5. The Morgan fingerprint density at radius 3 is 2.81 bits per heavy atom. The number of nitrogens with zero attached hydrogens (tertiary/aromatic N) is 3. The number of ether oxygens (including phenoxy) is 1. The van der Waals surface area contributed by atoms with Crippen LogP contribution in [-0.4, -0.2) is 64.1 Å². The summed E-state index contributed by atoms with van der Waals surface area (Å²) in [4.78, 5) is 24.7. The molecule has 1 atom stereocenters. The van der Waals surface area contributed by atoms with Crippen LogP contribution >= 0.6 is 0 Å². The van der Waals surface area contributed by atoms with Crippen molar-refractivity contribution in [2.45, 2.75) is 31.3 Å². The SMILES string of the molecule is CCC(=O)N1CC2(C1)CN(Cc1ccccn1)[C@H](CO)c1[nH]c3cc(OC)ccc3c12. The Hall–Kier alpha value is -2.90. The number of fused-ring (bicyclic) bond motifs is 4. The molecule has 1 aromatic carbocycles. The Balaban J connectivity index is 1.60. The van der Waals surface area contributed by atoms with E-state index in [2.05, 4.69) is 20.9 Å². The summed E-state index contributed by atoms with van der Waals surface area (Å²) >= 11 is 0. The second-order valence-corrected chi connectivity index (χ2v) is 8.63. The highest BCUT2D eigenvalue weighted by molar-refractivity contribution is 5.89. The van der Waals surface area contributed by atoms with Gasteiger partial charge >= 0.3 is 0 Å². The third kappa shape index (κ3) is 3.20. The molecule has 2 aliphatic rings. The molecular formula is C24H28N4O3. The summed E-state index contributed by atoms with van der Waals surface area (Å²) < 4.78 is 5.42. The van der Waals surface area contributed by atoms with Gasteiger partial charge in [0.05, 0.1) is 25.5 Å². The number of methoxy groups -OCH3 is 1. The Bertz CT molecular complexity index is 1100. The molecule has 0 radical (unpaired) electrons. The maximum Gasteiger partial charge on any atom is 0.222 e. The number of nitrogens with one attached hydrogen (secondary N) is 1. The van der Waals surface area contributed by atoms with Crippen molar-refractivity contribution in [1.82, 2.24) is 19.8 Å². The first-order valence-electron chi connectivity index (χ1n) is 10.8. The van der Waals surface area contributed by atoms with Gasteiger partial charge in [0.15, 0.2) is 0 Å². The second kappa shape index (κ2) is 7.66. The largest absolute Gasteiger partial charge is 0.497 e. The molecule has 3 aromatic rings. The average Bonchev–Trinajstić information content (AvgIpc) is 3.16. The molecular weight excluding hydrogens is 392 g/mol. The number of carbonyl (C=O) groups is 1. The van der Waals surface area contributed by atoms with Gasteiger partial charge in [-0.2, -0.15) is 0 Å². The number of aromatic amines is 1. The van der Waals surface area contributed by atoms with Crippen LogP contribution in [-0.2, 0) is 16.8 Å². The number of hydrogen-bond acceptors (Lipinski definition) is 5. The maximum atomic E-state index is 12.3. The van der Waals surface area contributed by atoms with E-state index in [4.69, 9.17) is 4.74 Å². The summed E-state index contributed by atoms with van der Waals surface area (Å²) in [6, 6.07) is 11.8. The predicted molar refractivity (Wildman–Crippen MR) is 118 cm³/mol. The summed E-state index contributed by atoms with van der Waals surface area (Å²) in [6.45, 7) is 4.73. The monoisotopic (exact) mass is 420 g/mol. The minimum Gasteiger partial charge on any atom is -0.497 e. The molecule has 0 unspecified atom stereocenters. The van der Waals surface area contributed by atoms with E-state index in [1.807, 2.05) is 42.2 Å². The summed E-state index contributed by atoms with van der Waals surface area (Å²) in [5, 5.41) is 11.5. The van der Waals surface area contributed by atoms with E-state index < -0.39 is 0 Å². The molecule has 0 saturated carbocycles. The number of likely N-dealkylation sites (tertiary alicyclic amines) is 1. The lowest BCUT2D eigenvalue weighted by atomic mass is 9.68. The van der Waals surface area contributed by atoms with Crippen LogP contribution in [0.5, 0.6) is 5.75 Å². The number of aromatic nitrogens is 2. The topological polar surface area (TPSA) is 81.7 Å². The van der Waals surface area contributed by atoms with Crippen molar-refractivity contribution in [3.63, 3.8) is 0 Å². The number of benzene rings is 1. The molecule has 31 heavy (non-hydrogen) atoms. The molecule has 0 aliphatic carbocycles. The fourth-order valence-corrected chi connectivity index (χ4v) is 5.32. The van der Waals surface area contributed by atoms with Gasteiger partial charge < -0.3 is 19.7 Å². The average molecular weight is 421 g/mol. The number of aliphatic hydroxyl groups excluding tert-OH is 1. The van der Waals surface area contributed by atoms with Crippen molar-refractivity contribution in [2.75, 3.05) is 33.4 Å². The highest BCUT2D eigenvalue weighted by atomic mass is 16.5. The van der Waals surface area contributed by atoms with E-state index in [-0.39, 0.29) is 24.0 Å². The highest BCUT2D eigenvalue weighted by Gasteiger charge is 2.53. The lowest BCUT2D eigenvalue weighted by molar-refractivity contribution is -0.140. The molecule has 1 amide bonds. The molecule has 2 N–H and O–H groups in total. The minimum atomic E-state index is -0.159. The van der Waals surface area contributed by atoms with Crippen molar-refractivity contribution in [2.24, 2.45) is 0 Å². The zero-order chi connectivity index (χ0) is 21.6. The Morgan fingerprint density at radius 1 is 1.29 bits per heavy atom. The van der Waals surface area contributed by atoms with Crippen LogP contribution in [0.4, 0.5) is 0 Å². The molecule has 1 saturated heterocycles. The van der Waals surface area contributed by atoms with Crippen molar-refractivity contribution in [3.05, 3.63) is 59.5 Å². The Kier molecular flexibility index (Phi) is 4.95. The molecule has 5 rings (SSSR count). The first-order chi connectivity index (χ1) is 15.1. The zero-order valence-electron chi connectivity index (χ0n) is 18.0. The third-order valence-corrected chi connectivity index (χ3v) is 6.75. The standard InChI is InChI=1S/C24H28N4O3/c1-3-21(30)28-14-24(15-28)13-27(11-16-6-4-5-9-25-16)20(12-29)23-22(24)18-8-7-17(31-2)10-19(18)26-23/h4-10,20,26,29H,3,11-15H2,1-2H3/t20-/m1/s1. The fourth-order valence-electron chi connectivity index (χ4n) is 5.32. The van der Waals surface area contributed by atoms with Crippen LogP contribution in [0.3, 0.4) is 0 Å². The molecule has 2 aromatic heterocycles. The third-order valence-electron chi connectivity index (χ3n) is 6.75. The van der Waals surface area contributed by atoms with Gasteiger partial charge in [0.1, 0.15) is 5.75 Å². The number of aliphatic hydroxyl groups is 1. The van der Waals surface area contributed by atoms with Gasteiger partial charge in [-0.15, -0.1) is 0 Å². The van der Waals surface area contributed by atoms with Gasteiger partial charge in [0.2, 0.25) is 5.91 Å². The molecule has 1 spiro atoms. The summed E-state index contributed by atoms with van der Waals surface area (Å²) in [6.07, 6.45) is 2.32. The van der Waals surface area contributed by atoms with E-state index in [0.717, 1.165) is 34.6 Å². The smallest absolute Gasteiger partial charge is 0.222 e. The zero-order valence-corrected chi connectivity index (χ0v) is 18.0. The Morgan fingerprint density at radius 2 is 2.13 bits per heavy atom. The van der Waals surface area contributed by atoms with E-state index in [1.165, 1.54) is 5.56 Å². The van der Waals surface area contributed by atoms with Crippen LogP contribution in [0, 0.1) is 0 Å². The Labute approximate surface area is 181 Å². The van der Waals surface area contributed by atoms with Gasteiger partial charge in [-0.25, -0.2) is 0 Å². The predicted octanol–water partition coefficient (Wildman–Crippen LogP) is 2.61. The lowest BCUT2D eigenvalue weighted by Crippen LogP contribution is -2.67. The number of hydrogen-bond donors (Lipinski definition) is 2. The van der Waals surface area contributed by atoms with Crippen LogP contribution < -0.4 is 4.74 Å². The first-order valence-corrected chi connectivity index (χ1v) is 10.8. The van der Waals surface area contributed by atoms with Crippen LogP contribution in [0.1, 0.15) is 36.3 Å². The van der Waals surface area contributed by atoms with Crippen LogP contribution in [0.15, 0.2) is 42.6 Å². The van der Waals surface area contributed by atoms with Gasteiger partial charge in [0.25, 0.3) is 0 Å². The summed E-state index contributed by atoms with van der Waals surface area (Å²) in [5.74, 6) is 0.983. The number of amides is 1. The van der Waals surface area contributed by atoms with Crippen LogP contribution in [0.25, 0.3) is 10.9 Å². The number of H-pyrrole nitrogens is 1. The van der Waals surface area contributed by atoms with E-state index in [0.29, 0.717) is 26.1 Å². The first kappa shape index (κ1) is 20.0. The minimum absolute atomic E-state index is 0.0114. The second-order valence-electron chi connectivity index (χ2n) is 8.63. The normalized spacial score (nSPS) is 20.0. The summed E-state index contributed by atoms with van der Waals surface area (Å²) in [5.41, 5.74) is 4.09. The van der Waals surface area contributed by atoms with E-state index in [9.17, 15) is 9.90 Å². The molecule has 7 nitrogen and oxygen atoms in total. The van der Waals surface area contributed by atoms with Crippen molar-refractivity contribution in [3.8, 4) is 5.75 Å². The lowest BCUT2D eigenvalue weighted by Gasteiger charge is -2.56. The van der Waals surface area contributed by atoms with Gasteiger partial charge in [0, 0.05) is 66.9 Å². The van der Waals surface area contributed by atoms with E-state index in [1.54, 1.807) is 13.3 Å². The number of pyridine rings is 1. The quantitative estimate of drug-likeness (QED) is 0.663. The van der Waals surface area contributed by atoms with Crippen LogP contribution in [0.2, 0.25) is 0 Å². The molecule has 7 heteroatoms. The summed E-state index contributed by atoms with van der Waals surface area (Å²) in [7, 11) is 1.66. The molecule has 2 aliphatic heterocycles. The van der Waals surface area contributed by atoms with Gasteiger partial charge in [-0.3, -0.25) is 14.7 Å². The van der Waals surface area contributed by atoms with E-state index >= 15 is 0 Å². The highest BCUT2D eigenvalue weighted by Crippen LogP contribution is 2.48. The van der Waals surface area contributed by atoms with Crippen molar-refractivity contribution < 1.29 is 14.6 Å². The van der Waals surface area contributed by atoms with Crippen molar-refractivity contribution in [1.29, 1.82) is 0 Å². The number of carbonyl (C=O) groups excluding carboxylic acids is 1. The molecule has 0 bridgehead atoms. The van der Waals surface area contributed by atoms with Gasteiger partial charge in [-0.05, 0) is 29.8 Å². The maximum absolute atomic E-state index is 12.3. The molecule has 4 heterocycles. The molecule has 1 fully saturated rings. The van der Waals surface area contributed by atoms with Crippen molar-refractivity contribution >= 4 is 16.8 Å².